The number of carboxylic acids is 2. The standard InChI is InChI=1S/C11H13NO4/c12-9-3-1-7(2-4-9)5-8(11(15)16)6-10(13)14/h1-4,8H,5-6,12H2,(H,13,14)(H,15,16)/t8-/m1/s1. The predicted octanol–water partition coefficient (Wildman–Crippen LogP) is 0.987. The summed E-state index contributed by atoms with van der Waals surface area (Å²) in [5, 5.41) is 17.4. The molecule has 0 aliphatic rings. The number of carbonyl (C=O) groups is 2. The van der Waals surface area contributed by atoms with Crippen LogP contribution in [0.3, 0.4) is 0 Å². The third kappa shape index (κ3) is 3.61. The summed E-state index contributed by atoms with van der Waals surface area (Å²) < 4.78 is 0. The number of nitrogens with two attached hydrogens (primary N) is 1. The van der Waals surface area contributed by atoms with E-state index in [0.717, 1.165) is 5.56 Å². The van der Waals surface area contributed by atoms with Gasteiger partial charge in [-0.3, -0.25) is 9.59 Å². The van der Waals surface area contributed by atoms with Crippen LogP contribution in [0.15, 0.2) is 24.3 Å². The van der Waals surface area contributed by atoms with Gasteiger partial charge in [0.1, 0.15) is 0 Å². The zero-order valence-corrected chi connectivity index (χ0v) is 8.59. The Bertz CT molecular complexity index is 385. The summed E-state index contributed by atoms with van der Waals surface area (Å²) in [5.74, 6) is -3.11. The number of hydrogen-bond acceptors (Lipinski definition) is 3. The van der Waals surface area contributed by atoms with E-state index in [1.807, 2.05) is 0 Å². The van der Waals surface area contributed by atoms with Gasteiger partial charge < -0.3 is 15.9 Å². The van der Waals surface area contributed by atoms with Crippen molar-refractivity contribution in [1.29, 1.82) is 0 Å². The van der Waals surface area contributed by atoms with Gasteiger partial charge in [0.25, 0.3) is 0 Å². The fourth-order valence-corrected chi connectivity index (χ4v) is 1.40. The lowest BCUT2D eigenvalue weighted by Crippen LogP contribution is -2.20. The highest BCUT2D eigenvalue weighted by atomic mass is 16.4. The first-order valence-electron chi connectivity index (χ1n) is 4.78. The van der Waals surface area contributed by atoms with Crippen molar-refractivity contribution in [2.45, 2.75) is 12.8 Å². The maximum Gasteiger partial charge on any atom is 0.307 e. The molecular formula is C11H13NO4. The molecule has 1 aromatic carbocycles. The van der Waals surface area contributed by atoms with Crippen molar-refractivity contribution in [3.8, 4) is 0 Å². The molecule has 0 aliphatic heterocycles. The summed E-state index contributed by atoms with van der Waals surface area (Å²) in [6.45, 7) is 0. The van der Waals surface area contributed by atoms with Gasteiger partial charge in [-0.15, -0.1) is 0 Å². The monoisotopic (exact) mass is 223 g/mol. The third-order valence-electron chi connectivity index (χ3n) is 2.23. The number of aliphatic carboxylic acids is 2. The Morgan fingerprint density at radius 1 is 1.19 bits per heavy atom. The molecular weight excluding hydrogens is 210 g/mol. The molecule has 0 spiro atoms. The van der Waals surface area contributed by atoms with Crippen molar-refractivity contribution >= 4 is 17.6 Å². The Labute approximate surface area is 92.5 Å². The van der Waals surface area contributed by atoms with E-state index in [-0.39, 0.29) is 12.8 Å². The third-order valence-corrected chi connectivity index (χ3v) is 2.23. The first kappa shape index (κ1) is 12.0. The first-order valence-corrected chi connectivity index (χ1v) is 4.78. The van der Waals surface area contributed by atoms with E-state index in [1.54, 1.807) is 24.3 Å². The van der Waals surface area contributed by atoms with E-state index in [1.165, 1.54) is 0 Å². The lowest BCUT2D eigenvalue weighted by molar-refractivity contribution is -0.148. The van der Waals surface area contributed by atoms with Crippen LogP contribution in [-0.2, 0) is 16.0 Å². The highest BCUT2D eigenvalue weighted by Crippen LogP contribution is 2.14. The van der Waals surface area contributed by atoms with Crippen LogP contribution in [0.4, 0.5) is 5.69 Å². The van der Waals surface area contributed by atoms with Gasteiger partial charge in [-0.2, -0.15) is 0 Å². The topological polar surface area (TPSA) is 101 Å². The second-order valence-corrected chi connectivity index (χ2v) is 3.58. The number of hydrogen-bond donors (Lipinski definition) is 3. The van der Waals surface area contributed by atoms with Crippen LogP contribution in [0.2, 0.25) is 0 Å². The summed E-state index contributed by atoms with van der Waals surface area (Å²) >= 11 is 0. The molecule has 0 fully saturated rings. The number of benzene rings is 1. The zero-order chi connectivity index (χ0) is 12.1. The minimum Gasteiger partial charge on any atom is -0.481 e. The second-order valence-electron chi connectivity index (χ2n) is 3.58. The molecule has 0 amide bonds. The van der Waals surface area contributed by atoms with Crippen LogP contribution in [0.1, 0.15) is 12.0 Å². The van der Waals surface area contributed by atoms with Crippen molar-refractivity contribution < 1.29 is 19.8 Å². The summed E-state index contributed by atoms with van der Waals surface area (Å²) in [4.78, 5) is 21.3. The van der Waals surface area contributed by atoms with E-state index in [0.29, 0.717) is 5.69 Å². The van der Waals surface area contributed by atoms with Crippen molar-refractivity contribution in [2.75, 3.05) is 5.73 Å². The normalized spacial score (nSPS) is 12.0. The van der Waals surface area contributed by atoms with Gasteiger partial charge in [0.05, 0.1) is 12.3 Å². The van der Waals surface area contributed by atoms with Gasteiger partial charge in [-0.1, -0.05) is 12.1 Å². The van der Waals surface area contributed by atoms with E-state index in [4.69, 9.17) is 15.9 Å². The maximum absolute atomic E-state index is 10.8. The van der Waals surface area contributed by atoms with Crippen molar-refractivity contribution in [3.63, 3.8) is 0 Å². The molecule has 5 heteroatoms. The number of rotatable bonds is 5. The Morgan fingerprint density at radius 2 is 1.75 bits per heavy atom. The van der Waals surface area contributed by atoms with Gasteiger partial charge in [-0.25, -0.2) is 0 Å². The molecule has 0 saturated heterocycles. The highest BCUT2D eigenvalue weighted by Gasteiger charge is 2.21. The molecule has 4 N–H and O–H groups in total. The zero-order valence-electron chi connectivity index (χ0n) is 8.59. The van der Waals surface area contributed by atoms with Gasteiger partial charge in [0.15, 0.2) is 0 Å². The fourth-order valence-electron chi connectivity index (χ4n) is 1.40. The fraction of sp³-hybridized carbons (Fsp3) is 0.273. The van der Waals surface area contributed by atoms with E-state index < -0.39 is 17.9 Å². The molecule has 1 atom stereocenters. The molecule has 0 aromatic heterocycles. The van der Waals surface area contributed by atoms with Gasteiger partial charge >= 0.3 is 11.9 Å². The summed E-state index contributed by atoms with van der Waals surface area (Å²) in [6.07, 6.45) is -0.179. The predicted molar refractivity (Wildman–Crippen MR) is 57.9 cm³/mol. The largest absolute Gasteiger partial charge is 0.481 e. The van der Waals surface area contributed by atoms with Crippen LogP contribution in [0.5, 0.6) is 0 Å². The van der Waals surface area contributed by atoms with Crippen molar-refractivity contribution in [3.05, 3.63) is 29.8 Å². The van der Waals surface area contributed by atoms with E-state index in [9.17, 15) is 9.59 Å². The Balaban J connectivity index is 2.71. The molecule has 1 aromatic rings. The average molecular weight is 223 g/mol. The van der Waals surface area contributed by atoms with Gasteiger partial charge in [0, 0.05) is 5.69 Å². The highest BCUT2D eigenvalue weighted by molar-refractivity contribution is 5.78. The van der Waals surface area contributed by atoms with Crippen LogP contribution in [-0.4, -0.2) is 22.2 Å². The first-order chi connectivity index (χ1) is 7.49. The molecule has 0 bridgehead atoms. The molecule has 86 valence electrons. The Kier molecular flexibility index (Phi) is 3.88. The molecule has 16 heavy (non-hydrogen) atoms. The SMILES string of the molecule is Nc1ccc(C[C@H](CC(=O)O)C(=O)O)cc1. The molecule has 0 heterocycles. The van der Waals surface area contributed by atoms with E-state index >= 15 is 0 Å². The number of nitrogen functional groups attached to an aromatic ring is 1. The molecule has 0 aliphatic carbocycles. The Hall–Kier alpha value is -2.04. The summed E-state index contributed by atoms with van der Waals surface area (Å²) in [7, 11) is 0. The quantitative estimate of drug-likeness (QED) is 0.646. The van der Waals surface area contributed by atoms with Crippen LogP contribution < -0.4 is 5.73 Å². The van der Waals surface area contributed by atoms with Crippen LogP contribution in [0, 0.1) is 5.92 Å². The number of anilines is 1. The number of carboxylic acid groups (broad SMARTS) is 2. The van der Waals surface area contributed by atoms with Gasteiger partial charge in [0.2, 0.25) is 0 Å². The maximum atomic E-state index is 10.8. The van der Waals surface area contributed by atoms with E-state index in [2.05, 4.69) is 0 Å². The minimum atomic E-state index is -1.11. The molecule has 1 rings (SSSR count). The summed E-state index contributed by atoms with van der Waals surface area (Å²) in [6, 6.07) is 6.73. The lowest BCUT2D eigenvalue weighted by Gasteiger charge is -2.09. The molecule has 5 nitrogen and oxygen atoms in total. The van der Waals surface area contributed by atoms with Crippen molar-refractivity contribution in [1.82, 2.24) is 0 Å². The van der Waals surface area contributed by atoms with Gasteiger partial charge in [-0.05, 0) is 24.1 Å². The molecule has 0 saturated carbocycles. The van der Waals surface area contributed by atoms with Crippen molar-refractivity contribution in [2.24, 2.45) is 5.92 Å². The molecule has 0 unspecified atom stereocenters. The molecule has 0 radical (unpaired) electrons. The lowest BCUT2D eigenvalue weighted by atomic mass is 9.96. The Morgan fingerprint density at radius 3 is 2.19 bits per heavy atom. The average Bonchev–Trinajstić information content (AvgIpc) is 2.19. The van der Waals surface area contributed by atoms with Crippen LogP contribution in [0.25, 0.3) is 0 Å². The second kappa shape index (κ2) is 5.16. The van der Waals surface area contributed by atoms with Crippen LogP contribution >= 0.6 is 0 Å². The smallest absolute Gasteiger partial charge is 0.307 e. The summed E-state index contributed by atoms with van der Waals surface area (Å²) in [5.41, 5.74) is 6.85. The minimum absolute atomic E-state index is 0.196.